The van der Waals surface area contributed by atoms with E-state index in [1.165, 1.54) is 86.4 Å². The molecule has 1 aliphatic heterocycles. The van der Waals surface area contributed by atoms with Crippen LogP contribution in [-0.2, 0) is 12.8 Å². The van der Waals surface area contributed by atoms with Gasteiger partial charge in [0, 0.05) is 16.1 Å². The fourth-order valence-corrected chi connectivity index (χ4v) is 6.81. The van der Waals surface area contributed by atoms with Gasteiger partial charge in [0.1, 0.15) is 0 Å². The molecule has 0 saturated carbocycles. The van der Waals surface area contributed by atoms with E-state index in [1.807, 2.05) is 11.3 Å². The van der Waals surface area contributed by atoms with Gasteiger partial charge in [0.2, 0.25) is 0 Å². The SMILES string of the molecule is C=C(c1sc2ccccc2c1Cc1ccc(CCN2CCCC2)cc1)c1c(C)cc(C)cc1C. The van der Waals surface area contributed by atoms with E-state index in [9.17, 15) is 0 Å². The first-order valence-corrected chi connectivity index (χ1v) is 13.4. The lowest BCUT2D eigenvalue weighted by Crippen LogP contribution is -2.21. The van der Waals surface area contributed by atoms with E-state index >= 15 is 0 Å². The molecule has 3 aromatic carbocycles. The Morgan fingerprint density at radius 3 is 2.24 bits per heavy atom. The molecule has 1 aromatic heterocycles. The summed E-state index contributed by atoms with van der Waals surface area (Å²) in [6, 6.07) is 22.7. The molecule has 2 heteroatoms. The van der Waals surface area contributed by atoms with Crippen LogP contribution in [0.1, 0.15) is 56.7 Å². The minimum Gasteiger partial charge on any atom is -0.303 e. The molecule has 1 aliphatic rings. The summed E-state index contributed by atoms with van der Waals surface area (Å²) in [7, 11) is 0. The fraction of sp³-hybridized carbons (Fsp3) is 0.312. The molecule has 0 N–H and O–H groups in total. The Balaban J connectivity index is 1.44. The normalized spacial score (nSPS) is 14.2. The third kappa shape index (κ3) is 4.76. The first-order chi connectivity index (χ1) is 16.5. The largest absolute Gasteiger partial charge is 0.303 e. The van der Waals surface area contributed by atoms with Crippen LogP contribution in [0, 0.1) is 20.8 Å². The van der Waals surface area contributed by atoms with Gasteiger partial charge in [0.05, 0.1) is 0 Å². The third-order valence-corrected chi connectivity index (χ3v) is 8.54. The van der Waals surface area contributed by atoms with Crippen molar-refractivity contribution in [1.29, 1.82) is 0 Å². The highest BCUT2D eigenvalue weighted by atomic mass is 32.1. The molecule has 0 amide bonds. The Labute approximate surface area is 208 Å². The third-order valence-electron chi connectivity index (χ3n) is 7.27. The average Bonchev–Trinajstić information content (AvgIpc) is 3.46. The summed E-state index contributed by atoms with van der Waals surface area (Å²) in [5, 5.41) is 1.36. The number of nitrogens with zero attached hydrogens (tertiary/aromatic N) is 1. The Morgan fingerprint density at radius 2 is 1.53 bits per heavy atom. The highest BCUT2D eigenvalue weighted by molar-refractivity contribution is 7.20. The second kappa shape index (κ2) is 9.90. The standard InChI is InChI=1S/C32H35NS/c1-22-19-23(2)31(24(3)20-22)25(4)32-29(28-9-5-6-10-30(28)34-32)21-27-13-11-26(12-14-27)15-18-33-16-7-8-17-33/h5-6,9-14,19-20H,4,7-8,15-18,21H2,1-3H3. The van der Waals surface area contributed by atoms with Gasteiger partial charge < -0.3 is 4.90 Å². The molecule has 2 heterocycles. The topological polar surface area (TPSA) is 3.24 Å². The molecule has 0 aliphatic carbocycles. The van der Waals surface area contributed by atoms with Crippen molar-refractivity contribution in [1.82, 2.24) is 4.90 Å². The second-order valence-electron chi connectivity index (χ2n) is 9.95. The number of benzene rings is 3. The highest BCUT2D eigenvalue weighted by Gasteiger charge is 2.19. The van der Waals surface area contributed by atoms with E-state index in [2.05, 4.69) is 92.9 Å². The summed E-state index contributed by atoms with van der Waals surface area (Å²) >= 11 is 1.89. The molecular formula is C32H35NS. The van der Waals surface area contributed by atoms with Crippen LogP contribution in [0.3, 0.4) is 0 Å². The van der Waals surface area contributed by atoms with Gasteiger partial charge in [-0.05, 0) is 110 Å². The van der Waals surface area contributed by atoms with Crippen molar-refractivity contribution in [2.24, 2.45) is 0 Å². The Kier molecular flexibility index (Phi) is 6.72. The van der Waals surface area contributed by atoms with E-state index in [4.69, 9.17) is 0 Å². The lowest BCUT2D eigenvalue weighted by atomic mass is 9.90. The lowest BCUT2D eigenvalue weighted by Gasteiger charge is -2.15. The maximum Gasteiger partial charge on any atom is 0.0390 e. The van der Waals surface area contributed by atoms with Crippen molar-refractivity contribution in [3.8, 4) is 0 Å². The molecule has 34 heavy (non-hydrogen) atoms. The number of hydrogen-bond acceptors (Lipinski definition) is 2. The summed E-state index contributed by atoms with van der Waals surface area (Å²) < 4.78 is 1.35. The molecule has 4 aromatic rings. The first-order valence-electron chi connectivity index (χ1n) is 12.6. The minimum atomic E-state index is 0.939. The van der Waals surface area contributed by atoms with Gasteiger partial charge in [-0.2, -0.15) is 0 Å². The van der Waals surface area contributed by atoms with Crippen LogP contribution in [0.2, 0.25) is 0 Å². The maximum atomic E-state index is 4.63. The predicted octanol–water partition coefficient (Wildman–Crippen LogP) is 8.12. The van der Waals surface area contributed by atoms with Crippen LogP contribution in [-0.4, -0.2) is 24.5 Å². The van der Waals surface area contributed by atoms with Crippen molar-refractivity contribution < 1.29 is 0 Å². The molecule has 1 nitrogen and oxygen atoms in total. The monoisotopic (exact) mass is 465 g/mol. The molecule has 1 fully saturated rings. The molecule has 0 spiro atoms. The van der Waals surface area contributed by atoms with Gasteiger partial charge in [-0.3, -0.25) is 0 Å². The van der Waals surface area contributed by atoms with Crippen molar-refractivity contribution in [2.75, 3.05) is 19.6 Å². The van der Waals surface area contributed by atoms with Crippen LogP contribution in [0.15, 0.2) is 67.2 Å². The quantitative estimate of drug-likeness (QED) is 0.266. The van der Waals surface area contributed by atoms with Crippen LogP contribution in [0.4, 0.5) is 0 Å². The highest BCUT2D eigenvalue weighted by Crippen LogP contribution is 2.40. The van der Waals surface area contributed by atoms with Crippen molar-refractivity contribution in [3.05, 3.63) is 111 Å². The number of hydrogen-bond donors (Lipinski definition) is 0. The molecule has 0 atom stereocenters. The molecule has 5 rings (SSSR count). The Morgan fingerprint density at radius 1 is 0.882 bits per heavy atom. The number of thiophene rings is 1. The van der Waals surface area contributed by atoms with E-state index in [0.717, 1.165) is 18.4 Å². The zero-order chi connectivity index (χ0) is 23.7. The smallest absolute Gasteiger partial charge is 0.0390 e. The second-order valence-corrected chi connectivity index (χ2v) is 11.0. The van der Waals surface area contributed by atoms with Crippen LogP contribution in [0.25, 0.3) is 15.7 Å². The molecular weight excluding hydrogens is 430 g/mol. The summed E-state index contributed by atoms with van der Waals surface area (Å²) in [5.74, 6) is 0. The van der Waals surface area contributed by atoms with Gasteiger partial charge in [-0.1, -0.05) is 66.7 Å². The minimum absolute atomic E-state index is 0.939. The molecule has 174 valence electrons. The Bertz CT molecular complexity index is 1300. The number of aryl methyl sites for hydroxylation is 3. The van der Waals surface area contributed by atoms with Gasteiger partial charge >= 0.3 is 0 Å². The summed E-state index contributed by atoms with van der Waals surface area (Å²) in [6.07, 6.45) is 4.82. The fourth-order valence-electron chi connectivity index (χ4n) is 5.61. The van der Waals surface area contributed by atoms with Crippen LogP contribution >= 0.6 is 11.3 Å². The van der Waals surface area contributed by atoms with Crippen LogP contribution in [0.5, 0.6) is 0 Å². The van der Waals surface area contributed by atoms with Gasteiger partial charge in [0.15, 0.2) is 0 Å². The number of fused-ring (bicyclic) bond motifs is 1. The first kappa shape index (κ1) is 23.1. The lowest BCUT2D eigenvalue weighted by molar-refractivity contribution is 0.343. The van der Waals surface area contributed by atoms with E-state index in [1.54, 1.807) is 0 Å². The summed E-state index contributed by atoms with van der Waals surface area (Å²) in [6.45, 7) is 15.0. The maximum absolute atomic E-state index is 4.63. The van der Waals surface area contributed by atoms with E-state index in [0.29, 0.717) is 0 Å². The van der Waals surface area contributed by atoms with Crippen molar-refractivity contribution in [2.45, 2.75) is 46.5 Å². The van der Waals surface area contributed by atoms with Gasteiger partial charge in [-0.15, -0.1) is 11.3 Å². The molecule has 0 radical (unpaired) electrons. The number of rotatable bonds is 7. The molecule has 1 saturated heterocycles. The summed E-state index contributed by atoms with van der Waals surface area (Å²) in [4.78, 5) is 3.92. The van der Waals surface area contributed by atoms with Gasteiger partial charge in [0.25, 0.3) is 0 Å². The van der Waals surface area contributed by atoms with E-state index < -0.39 is 0 Å². The molecule has 0 unspecified atom stereocenters. The zero-order valence-corrected chi connectivity index (χ0v) is 21.6. The average molecular weight is 466 g/mol. The van der Waals surface area contributed by atoms with Crippen LogP contribution < -0.4 is 0 Å². The van der Waals surface area contributed by atoms with Crippen molar-refractivity contribution >= 4 is 27.0 Å². The molecule has 0 bridgehead atoms. The Hall–Kier alpha value is -2.68. The van der Waals surface area contributed by atoms with Crippen molar-refractivity contribution in [3.63, 3.8) is 0 Å². The van der Waals surface area contributed by atoms with E-state index in [-0.39, 0.29) is 0 Å². The van der Waals surface area contributed by atoms with Gasteiger partial charge in [-0.25, -0.2) is 0 Å². The predicted molar refractivity (Wildman–Crippen MR) is 149 cm³/mol. The number of likely N-dealkylation sites (tertiary alicyclic amines) is 1. The zero-order valence-electron chi connectivity index (χ0n) is 20.8. The summed E-state index contributed by atoms with van der Waals surface area (Å²) in [5.41, 5.74) is 10.6.